The first-order valence-electron chi connectivity index (χ1n) is 4.21. The van der Waals surface area contributed by atoms with Crippen molar-refractivity contribution in [2.45, 2.75) is 0 Å². The fourth-order valence-electron chi connectivity index (χ4n) is 1.68. The summed E-state index contributed by atoms with van der Waals surface area (Å²) in [7, 11) is 0. The average molecular weight is 172 g/mol. The van der Waals surface area contributed by atoms with Crippen molar-refractivity contribution in [3.05, 3.63) is 47.4 Å². The topological polar surface area (TPSA) is 18.5 Å². The summed E-state index contributed by atoms with van der Waals surface area (Å²) in [6.45, 7) is 0.323. The summed E-state index contributed by atoms with van der Waals surface area (Å²) in [4.78, 5) is 0. The van der Waals surface area contributed by atoms with E-state index in [2.05, 4.69) is 12.1 Å². The molecule has 0 fully saturated rings. The maximum Gasteiger partial charge on any atom is 0.230 e. The van der Waals surface area contributed by atoms with E-state index in [4.69, 9.17) is 9.47 Å². The second kappa shape index (κ2) is 2.39. The zero-order valence-corrected chi connectivity index (χ0v) is 6.99. The highest BCUT2D eigenvalue weighted by atomic mass is 16.7. The lowest BCUT2D eigenvalue weighted by atomic mass is 10.1. The van der Waals surface area contributed by atoms with Crippen molar-refractivity contribution in [3.8, 4) is 0 Å². The summed E-state index contributed by atoms with van der Waals surface area (Å²) in [5.74, 6) is 0.924. The molecule has 0 N–H and O–H groups in total. The molecule has 64 valence electrons. The quantitative estimate of drug-likeness (QED) is 0.598. The molecule has 1 aliphatic carbocycles. The molecule has 0 atom stereocenters. The van der Waals surface area contributed by atoms with Crippen molar-refractivity contribution in [1.82, 2.24) is 0 Å². The highest BCUT2D eigenvalue weighted by Crippen LogP contribution is 2.37. The van der Waals surface area contributed by atoms with Crippen LogP contribution < -0.4 is 0 Å². The standard InChI is InChI=1S/C11H8O2/c1-2-4-9-8(3-1)5-11-10(9)6-12-7-13-11/h1-6H,7H2. The summed E-state index contributed by atoms with van der Waals surface area (Å²) in [6, 6.07) is 8.19. The van der Waals surface area contributed by atoms with Crippen LogP contribution in [-0.2, 0) is 9.47 Å². The van der Waals surface area contributed by atoms with Gasteiger partial charge in [0.1, 0.15) is 5.76 Å². The van der Waals surface area contributed by atoms with Gasteiger partial charge in [0.15, 0.2) is 0 Å². The third-order valence-electron chi connectivity index (χ3n) is 2.29. The van der Waals surface area contributed by atoms with Gasteiger partial charge in [0.05, 0.1) is 11.8 Å². The number of hydrogen-bond donors (Lipinski definition) is 0. The van der Waals surface area contributed by atoms with Crippen LogP contribution in [-0.4, -0.2) is 6.79 Å². The molecule has 0 saturated heterocycles. The van der Waals surface area contributed by atoms with E-state index in [9.17, 15) is 0 Å². The minimum atomic E-state index is 0.323. The molecule has 1 aromatic carbocycles. The van der Waals surface area contributed by atoms with Gasteiger partial charge in [0.25, 0.3) is 0 Å². The number of benzene rings is 1. The Morgan fingerprint density at radius 2 is 2.08 bits per heavy atom. The van der Waals surface area contributed by atoms with Crippen molar-refractivity contribution < 1.29 is 9.47 Å². The van der Waals surface area contributed by atoms with Crippen molar-refractivity contribution in [1.29, 1.82) is 0 Å². The highest BCUT2D eigenvalue weighted by Gasteiger charge is 2.22. The maximum atomic E-state index is 5.35. The first kappa shape index (κ1) is 6.78. The minimum Gasteiger partial charge on any atom is -0.464 e. The van der Waals surface area contributed by atoms with Crippen LogP contribution in [0.3, 0.4) is 0 Å². The van der Waals surface area contributed by atoms with Crippen LogP contribution >= 0.6 is 0 Å². The lowest BCUT2D eigenvalue weighted by Crippen LogP contribution is -2.02. The zero-order chi connectivity index (χ0) is 8.67. The van der Waals surface area contributed by atoms with E-state index in [1.165, 1.54) is 11.1 Å². The molecule has 0 aromatic heterocycles. The first-order valence-corrected chi connectivity index (χ1v) is 4.21. The van der Waals surface area contributed by atoms with Gasteiger partial charge in [-0.05, 0) is 17.2 Å². The second-order valence-electron chi connectivity index (χ2n) is 3.06. The molecule has 1 heterocycles. The second-order valence-corrected chi connectivity index (χ2v) is 3.06. The van der Waals surface area contributed by atoms with Crippen molar-refractivity contribution in [2.75, 3.05) is 6.79 Å². The third-order valence-corrected chi connectivity index (χ3v) is 2.29. The van der Waals surface area contributed by atoms with Gasteiger partial charge in [0, 0.05) is 0 Å². The summed E-state index contributed by atoms with van der Waals surface area (Å²) >= 11 is 0. The molecular weight excluding hydrogens is 164 g/mol. The molecule has 0 radical (unpaired) electrons. The number of hydrogen-bond acceptors (Lipinski definition) is 2. The number of allylic oxidation sites excluding steroid dienone is 1. The summed E-state index contributed by atoms with van der Waals surface area (Å²) in [5, 5.41) is 0. The Bertz CT molecular complexity index is 416. The van der Waals surface area contributed by atoms with E-state index in [1.807, 2.05) is 18.2 Å². The van der Waals surface area contributed by atoms with Crippen LogP contribution in [0.15, 0.2) is 36.3 Å². The number of ether oxygens (including phenoxy) is 2. The van der Waals surface area contributed by atoms with Crippen LogP contribution in [0.25, 0.3) is 11.6 Å². The summed E-state index contributed by atoms with van der Waals surface area (Å²) in [5.41, 5.74) is 3.45. The van der Waals surface area contributed by atoms with E-state index >= 15 is 0 Å². The van der Waals surface area contributed by atoms with Crippen LogP contribution in [0.5, 0.6) is 0 Å². The molecule has 1 aromatic rings. The van der Waals surface area contributed by atoms with Gasteiger partial charge in [-0.3, -0.25) is 0 Å². The fraction of sp³-hybridized carbons (Fsp3) is 0.0909. The molecule has 13 heavy (non-hydrogen) atoms. The van der Waals surface area contributed by atoms with Crippen LogP contribution in [0.4, 0.5) is 0 Å². The Labute approximate surface area is 76.1 Å². The smallest absolute Gasteiger partial charge is 0.230 e. The van der Waals surface area contributed by atoms with Crippen LogP contribution in [0.2, 0.25) is 0 Å². The lowest BCUT2D eigenvalue weighted by Gasteiger charge is -2.14. The van der Waals surface area contributed by atoms with Gasteiger partial charge < -0.3 is 9.47 Å². The Balaban J connectivity index is 2.23. The molecule has 2 nitrogen and oxygen atoms in total. The molecule has 0 bridgehead atoms. The van der Waals surface area contributed by atoms with E-state index in [-0.39, 0.29) is 0 Å². The largest absolute Gasteiger partial charge is 0.464 e. The Morgan fingerprint density at radius 1 is 1.15 bits per heavy atom. The van der Waals surface area contributed by atoms with Gasteiger partial charge in [0.2, 0.25) is 6.79 Å². The van der Waals surface area contributed by atoms with Crippen LogP contribution in [0, 0.1) is 0 Å². The molecular formula is C11H8O2. The molecule has 2 heteroatoms. The van der Waals surface area contributed by atoms with Crippen molar-refractivity contribution in [2.24, 2.45) is 0 Å². The van der Waals surface area contributed by atoms with E-state index in [0.717, 1.165) is 11.3 Å². The third kappa shape index (κ3) is 0.886. The Hall–Kier alpha value is -1.70. The minimum absolute atomic E-state index is 0.323. The monoisotopic (exact) mass is 172 g/mol. The zero-order valence-electron chi connectivity index (χ0n) is 6.99. The van der Waals surface area contributed by atoms with E-state index < -0.39 is 0 Å². The van der Waals surface area contributed by atoms with Crippen molar-refractivity contribution in [3.63, 3.8) is 0 Å². The SMILES string of the molecule is C1=C2OCOC=C2c2ccccc21. The molecule has 0 spiro atoms. The van der Waals surface area contributed by atoms with Crippen LogP contribution in [0.1, 0.15) is 11.1 Å². The predicted octanol–water partition coefficient (Wildman–Crippen LogP) is 2.39. The number of rotatable bonds is 0. The van der Waals surface area contributed by atoms with Gasteiger partial charge >= 0.3 is 0 Å². The molecule has 3 rings (SSSR count). The lowest BCUT2D eigenvalue weighted by molar-refractivity contribution is 0.0256. The predicted molar refractivity (Wildman–Crippen MR) is 49.4 cm³/mol. The van der Waals surface area contributed by atoms with Gasteiger partial charge in [-0.1, -0.05) is 24.3 Å². The number of fused-ring (bicyclic) bond motifs is 3. The molecule has 1 aliphatic heterocycles. The fourth-order valence-corrected chi connectivity index (χ4v) is 1.68. The summed E-state index contributed by atoms with van der Waals surface area (Å²) in [6.07, 6.45) is 3.81. The van der Waals surface area contributed by atoms with E-state index in [0.29, 0.717) is 6.79 Å². The Morgan fingerprint density at radius 3 is 3.08 bits per heavy atom. The molecule has 0 amide bonds. The molecule has 2 aliphatic rings. The maximum absolute atomic E-state index is 5.35. The van der Waals surface area contributed by atoms with Gasteiger partial charge in [-0.2, -0.15) is 0 Å². The Kier molecular flexibility index (Phi) is 1.25. The van der Waals surface area contributed by atoms with E-state index in [1.54, 1.807) is 6.26 Å². The highest BCUT2D eigenvalue weighted by molar-refractivity contribution is 5.92. The molecule has 0 saturated carbocycles. The van der Waals surface area contributed by atoms with Gasteiger partial charge in [-0.15, -0.1) is 0 Å². The summed E-state index contributed by atoms with van der Waals surface area (Å²) < 4.78 is 10.5. The average Bonchev–Trinajstić information content (AvgIpc) is 2.56. The molecule has 0 unspecified atom stereocenters. The van der Waals surface area contributed by atoms with Crippen molar-refractivity contribution >= 4 is 11.6 Å². The van der Waals surface area contributed by atoms with Gasteiger partial charge in [-0.25, -0.2) is 0 Å². The normalized spacial score (nSPS) is 17.5. The first-order chi connectivity index (χ1) is 6.45.